The van der Waals surface area contributed by atoms with Gasteiger partial charge in [0.15, 0.2) is 0 Å². The number of rotatable bonds is 7. The average Bonchev–Trinajstić information content (AvgIpc) is 3.14. The van der Waals surface area contributed by atoms with Crippen LogP contribution < -0.4 is 11.1 Å². The summed E-state index contributed by atoms with van der Waals surface area (Å²) in [4.78, 5) is 15.9. The third-order valence-corrected chi connectivity index (χ3v) is 4.56. The molecule has 1 atom stereocenters. The van der Waals surface area contributed by atoms with Crippen LogP contribution in [0.3, 0.4) is 0 Å². The minimum atomic E-state index is -0.369. The first kappa shape index (κ1) is 19.7. The Hall–Kier alpha value is -3.07. The third-order valence-electron chi connectivity index (χ3n) is 4.56. The highest BCUT2D eigenvalue weighted by Gasteiger charge is 2.15. The Morgan fingerprint density at radius 1 is 1.21 bits per heavy atom. The van der Waals surface area contributed by atoms with Crippen molar-refractivity contribution in [2.75, 3.05) is 13.2 Å². The molecule has 144 valence electrons. The number of hydrogen-bond donors (Lipinski definition) is 4. The van der Waals surface area contributed by atoms with E-state index in [1.165, 1.54) is 0 Å². The molecule has 0 aliphatic carbocycles. The molecular formula is C23H25N3O2. The fraction of sp³-hybridized carbons (Fsp3) is 0.261. The number of carbonyl (C=O) groups is 1. The summed E-state index contributed by atoms with van der Waals surface area (Å²) in [5.74, 6) is 5.90. The number of aromatic amines is 1. The van der Waals surface area contributed by atoms with Crippen LogP contribution >= 0.6 is 0 Å². The maximum atomic E-state index is 12.6. The number of benzene rings is 2. The van der Waals surface area contributed by atoms with Crippen LogP contribution in [0.2, 0.25) is 0 Å². The predicted octanol–water partition coefficient (Wildman–Crippen LogP) is 2.59. The molecule has 0 aliphatic rings. The molecule has 0 unspecified atom stereocenters. The number of unbranched alkanes of at least 4 members (excludes halogenated alkanes) is 1. The Morgan fingerprint density at radius 3 is 2.89 bits per heavy atom. The molecule has 3 aromatic rings. The molecule has 5 heteroatoms. The molecule has 1 heterocycles. The zero-order valence-electron chi connectivity index (χ0n) is 15.7. The van der Waals surface area contributed by atoms with E-state index in [1.807, 2.05) is 42.6 Å². The minimum Gasteiger partial charge on any atom is -0.394 e. The average molecular weight is 375 g/mol. The van der Waals surface area contributed by atoms with Gasteiger partial charge in [0, 0.05) is 34.6 Å². The molecule has 1 amide bonds. The topological polar surface area (TPSA) is 91.1 Å². The molecule has 2 aromatic carbocycles. The molecular weight excluding hydrogens is 350 g/mol. The van der Waals surface area contributed by atoms with Crippen LogP contribution in [-0.4, -0.2) is 35.2 Å². The van der Waals surface area contributed by atoms with Gasteiger partial charge < -0.3 is 21.1 Å². The van der Waals surface area contributed by atoms with Gasteiger partial charge in [-0.25, -0.2) is 0 Å². The monoisotopic (exact) mass is 375 g/mol. The number of aliphatic hydroxyl groups is 1. The standard InChI is InChI=1S/C23H25N3O2/c24-12-5-1-2-7-17-8-6-9-18(13-17)23(28)26-20(16-27)14-19-15-25-22-11-4-3-10-21(19)22/h3-4,6,8-11,13,15,20,25,27H,1,5,12,14,16,24H2,(H,26,28)/t20-/m1/s1. The highest BCUT2D eigenvalue weighted by atomic mass is 16.3. The molecule has 0 spiro atoms. The first-order valence-electron chi connectivity index (χ1n) is 9.47. The number of aromatic nitrogens is 1. The summed E-state index contributed by atoms with van der Waals surface area (Å²) in [6, 6.07) is 14.8. The van der Waals surface area contributed by atoms with Crippen LogP contribution in [-0.2, 0) is 6.42 Å². The van der Waals surface area contributed by atoms with Crippen molar-refractivity contribution in [3.63, 3.8) is 0 Å². The lowest BCUT2D eigenvalue weighted by atomic mass is 10.0. The molecule has 0 aliphatic heterocycles. The zero-order valence-corrected chi connectivity index (χ0v) is 15.7. The van der Waals surface area contributed by atoms with E-state index in [9.17, 15) is 9.90 Å². The van der Waals surface area contributed by atoms with Crippen molar-refractivity contribution in [3.8, 4) is 11.8 Å². The SMILES string of the molecule is NCCCC#Cc1cccc(C(=O)N[C@@H](CO)Cc2c[nH]c3ccccc23)c1. The third kappa shape index (κ3) is 5.01. The number of carbonyl (C=O) groups excluding carboxylic acids is 1. The molecule has 1 aromatic heterocycles. The maximum Gasteiger partial charge on any atom is 0.251 e. The van der Waals surface area contributed by atoms with E-state index < -0.39 is 0 Å². The summed E-state index contributed by atoms with van der Waals surface area (Å²) in [5, 5.41) is 13.8. The lowest BCUT2D eigenvalue weighted by Crippen LogP contribution is -2.39. The second-order valence-electron chi connectivity index (χ2n) is 6.69. The number of H-pyrrole nitrogens is 1. The largest absolute Gasteiger partial charge is 0.394 e. The van der Waals surface area contributed by atoms with E-state index in [1.54, 1.807) is 12.1 Å². The smallest absolute Gasteiger partial charge is 0.251 e. The molecule has 3 rings (SSSR count). The van der Waals surface area contributed by atoms with Gasteiger partial charge in [-0.2, -0.15) is 0 Å². The van der Waals surface area contributed by atoms with Gasteiger partial charge in [0.05, 0.1) is 12.6 Å². The quantitative estimate of drug-likeness (QED) is 0.378. The number of nitrogens with two attached hydrogens (primary N) is 1. The Balaban J connectivity index is 1.67. The van der Waals surface area contributed by atoms with Crippen molar-refractivity contribution in [2.24, 2.45) is 5.73 Å². The van der Waals surface area contributed by atoms with Crippen LogP contribution in [0.4, 0.5) is 0 Å². The van der Waals surface area contributed by atoms with E-state index in [0.717, 1.165) is 34.9 Å². The first-order valence-corrected chi connectivity index (χ1v) is 9.47. The van der Waals surface area contributed by atoms with Crippen molar-refractivity contribution < 1.29 is 9.90 Å². The summed E-state index contributed by atoms with van der Waals surface area (Å²) in [7, 11) is 0. The van der Waals surface area contributed by atoms with Crippen LogP contribution in [0, 0.1) is 11.8 Å². The molecule has 5 nitrogen and oxygen atoms in total. The van der Waals surface area contributed by atoms with E-state index in [-0.39, 0.29) is 18.6 Å². The van der Waals surface area contributed by atoms with Gasteiger partial charge in [-0.3, -0.25) is 4.79 Å². The number of aliphatic hydroxyl groups excluding tert-OH is 1. The van der Waals surface area contributed by atoms with Gasteiger partial charge in [0.25, 0.3) is 5.91 Å². The van der Waals surface area contributed by atoms with E-state index in [0.29, 0.717) is 18.5 Å². The molecule has 0 bridgehead atoms. The summed E-state index contributed by atoms with van der Waals surface area (Å²) in [5.41, 5.74) is 8.90. The first-order chi connectivity index (χ1) is 13.7. The maximum absolute atomic E-state index is 12.6. The van der Waals surface area contributed by atoms with Crippen molar-refractivity contribution in [3.05, 3.63) is 71.4 Å². The normalized spacial score (nSPS) is 11.6. The summed E-state index contributed by atoms with van der Waals surface area (Å²) < 4.78 is 0. The van der Waals surface area contributed by atoms with Gasteiger partial charge in [0.1, 0.15) is 0 Å². The van der Waals surface area contributed by atoms with Crippen molar-refractivity contribution in [1.82, 2.24) is 10.3 Å². The number of para-hydroxylation sites is 1. The summed E-state index contributed by atoms with van der Waals surface area (Å²) in [6.45, 7) is 0.486. The van der Waals surface area contributed by atoms with Gasteiger partial charge in [-0.05, 0) is 49.2 Å². The molecule has 28 heavy (non-hydrogen) atoms. The Kier molecular flexibility index (Phi) is 6.85. The van der Waals surface area contributed by atoms with Crippen LogP contribution in [0.15, 0.2) is 54.7 Å². The van der Waals surface area contributed by atoms with Crippen LogP contribution in [0.1, 0.15) is 34.3 Å². The molecule has 5 N–H and O–H groups in total. The number of nitrogens with one attached hydrogen (secondary N) is 2. The lowest BCUT2D eigenvalue weighted by molar-refractivity contribution is 0.0916. The highest BCUT2D eigenvalue weighted by molar-refractivity contribution is 5.94. The van der Waals surface area contributed by atoms with Gasteiger partial charge >= 0.3 is 0 Å². The second kappa shape index (κ2) is 9.75. The Labute approximate surface area is 165 Å². The number of hydrogen-bond acceptors (Lipinski definition) is 3. The molecule has 0 radical (unpaired) electrons. The van der Waals surface area contributed by atoms with E-state index >= 15 is 0 Å². The second-order valence-corrected chi connectivity index (χ2v) is 6.69. The summed E-state index contributed by atoms with van der Waals surface area (Å²) in [6.07, 6.45) is 4.07. The van der Waals surface area contributed by atoms with Crippen LogP contribution in [0.25, 0.3) is 10.9 Å². The lowest BCUT2D eigenvalue weighted by Gasteiger charge is -2.16. The number of amides is 1. The summed E-state index contributed by atoms with van der Waals surface area (Å²) >= 11 is 0. The molecule has 0 saturated heterocycles. The van der Waals surface area contributed by atoms with Gasteiger partial charge in [-0.15, -0.1) is 0 Å². The van der Waals surface area contributed by atoms with Crippen molar-refractivity contribution >= 4 is 16.8 Å². The Morgan fingerprint density at radius 2 is 2.07 bits per heavy atom. The molecule has 0 saturated carbocycles. The fourth-order valence-corrected chi connectivity index (χ4v) is 3.09. The minimum absolute atomic E-state index is 0.135. The molecule has 0 fully saturated rings. The van der Waals surface area contributed by atoms with Crippen molar-refractivity contribution in [1.29, 1.82) is 0 Å². The van der Waals surface area contributed by atoms with E-state index in [2.05, 4.69) is 22.1 Å². The van der Waals surface area contributed by atoms with Crippen molar-refractivity contribution in [2.45, 2.75) is 25.3 Å². The Bertz CT molecular complexity index is 997. The predicted molar refractivity (Wildman–Crippen MR) is 112 cm³/mol. The fourth-order valence-electron chi connectivity index (χ4n) is 3.09. The zero-order chi connectivity index (χ0) is 19.8. The number of fused-ring (bicyclic) bond motifs is 1. The van der Waals surface area contributed by atoms with Gasteiger partial charge in [0.2, 0.25) is 0 Å². The van der Waals surface area contributed by atoms with Crippen LogP contribution in [0.5, 0.6) is 0 Å². The van der Waals surface area contributed by atoms with E-state index in [4.69, 9.17) is 5.73 Å². The highest BCUT2D eigenvalue weighted by Crippen LogP contribution is 2.19. The van der Waals surface area contributed by atoms with Gasteiger partial charge in [-0.1, -0.05) is 36.1 Å².